The molecule has 2 N–H and O–H groups in total. The molecule has 30 heavy (non-hydrogen) atoms. The molecule has 0 radical (unpaired) electrons. The topological polar surface area (TPSA) is 106 Å². The average Bonchev–Trinajstić information content (AvgIpc) is 2.76. The SMILES string of the molecule is O=[N+]([O-])c1cc(F)ccc1Nc1cc(-c2ccncc2)nc(NC2CCCCC2)n1. The Kier molecular flexibility index (Phi) is 5.78. The third-order valence-electron chi connectivity index (χ3n) is 5.06. The minimum atomic E-state index is -0.674. The first-order chi connectivity index (χ1) is 14.6. The first kappa shape index (κ1) is 19.7. The van der Waals surface area contributed by atoms with Gasteiger partial charge in [-0.05, 0) is 37.1 Å². The molecule has 1 fully saturated rings. The normalized spacial score (nSPS) is 14.3. The zero-order valence-corrected chi connectivity index (χ0v) is 16.2. The number of hydrogen-bond donors (Lipinski definition) is 2. The highest BCUT2D eigenvalue weighted by Gasteiger charge is 2.18. The van der Waals surface area contributed by atoms with Gasteiger partial charge in [-0.25, -0.2) is 9.37 Å². The molecule has 0 amide bonds. The highest BCUT2D eigenvalue weighted by molar-refractivity contribution is 5.71. The zero-order chi connectivity index (χ0) is 20.9. The Morgan fingerprint density at radius 3 is 2.53 bits per heavy atom. The lowest BCUT2D eigenvalue weighted by molar-refractivity contribution is -0.384. The van der Waals surface area contributed by atoms with Gasteiger partial charge in [-0.15, -0.1) is 0 Å². The van der Waals surface area contributed by atoms with Crippen molar-refractivity contribution in [1.29, 1.82) is 0 Å². The van der Waals surface area contributed by atoms with Crippen molar-refractivity contribution in [2.45, 2.75) is 38.1 Å². The maximum atomic E-state index is 13.5. The van der Waals surface area contributed by atoms with Gasteiger partial charge in [0.05, 0.1) is 16.7 Å². The Labute approximate surface area is 172 Å². The molecule has 0 spiro atoms. The number of hydrogen-bond acceptors (Lipinski definition) is 7. The van der Waals surface area contributed by atoms with Crippen LogP contribution in [0.5, 0.6) is 0 Å². The molecule has 3 aromatic rings. The first-order valence-corrected chi connectivity index (χ1v) is 9.85. The van der Waals surface area contributed by atoms with E-state index in [4.69, 9.17) is 0 Å². The van der Waals surface area contributed by atoms with Gasteiger partial charge in [0.1, 0.15) is 17.3 Å². The number of nitro groups is 1. The minimum absolute atomic E-state index is 0.157. The van der Waals surface area contributed by atoms with E-state index in [0.717, 1.165) is 37.3 Å². The molecule has 0 bridgehead atoms. The van der Waals surface area contributed by atoms with Crippen LogP contribution in [0.1, 0.15) is 32.1 Å². The number of nitro benzene ring substituents is 1. The molecule has 1 aromatic carbocycles. The fourth-order valence-electron chi connectivity index (χ4n) is 3.58. The molecule has 0 saturated heterocycles. The Morgan fingerprint density at radius 2 is 1.80 bits per heavy atom. The predicted octanol–water partition coefficient (Wildman–Crippen LogP) is 5.07. The fourth-order valence-corrected chi connectivity index (χ4v) is 3.58. The largest absolute Gasteiger partial charge is 0.351 e. The zero-order valence-electron chi connectivity index (χ0n) is 16.2. The molecule has 2 aromatic heterocycles. The van der Waals surface area contributed by atoms with Crippen molar-refractivity contribution in [3.63, 3.8) is 0 Å². The molecule has 2 heterocycles. The van der Waals surface area contributed by atoms with E-state index in [1.165, 1.54) is 18.6 Å². The monoisotopic (exact) mass is 408 g/mol. The summed E-state index contributed by atoms with van der Waals surface area (Å²) in [6, 6.07) is 9.04. The van der Waals surface area contributed by atoms with Crippen molar-refractivity contribution in [3.8, 4) is 11.3 Å². The second-order valence-electron chi connectivity index (χ2n) is 7.22. The number of nitrogens with zero attached hydrogens (tertiary/aromatic N) is 4. The van der Waals surface area contributed by atoms with Gasteiger partial charge >= 0.3 is 0 Å². The van der Waals surface area contributed by atoms with Crippen LogP contribution in [-0.2, 0) is 0 Å². The molecule has 154 valence electrons. The number of nitrogens with one attached hydrogen (secondary N) is 2. The number of benzene rings is 1. The van der Waals surface area contributed by atoms with Crippen LogP contribution >= 0.6 is 0 Å². The summed E-state index contributed by atoms with van der Waals surface area (Å²) in [5, 5.41) is 17.7. The van der Waals surface area contributed by atoms with Gasteiger partial charge in [-0.3, -0.25) is 15.1 Å². The van der Waals surface area contributed by atoms with Gasteiger partial charge in [0.2, 0.25) is 5.95 Å². The third kappa shape index (κ3) is 4.68. The maximum Gasteiger partial charge on any atom is 0.295 e. The van der Waals surface area contributed by atoms with Crippen molar-refractivity contribution < 1.29 is 9.31 Å². The number of anilines is 3. The third-order valence-corrected chi connectivity index (χ3v) is 5.06. The Balaban J connectivity index is 1.69. The van der Waals surface area contributed by atoms with E-state index in [2.05, 4.69) is 25.6 Å². The summed E-state index contributed by atoms with van der Waals surface area (Å²) in [6.07, 6.45) is 9.00. The second-order valence-corrected chi connectivity index (χ2v) is 7.22. The van der Waals surface area contributed by atoms with Gasteiger partial charge in [-0.1, -0.05) is 19.3 Å². The molecule has 0 aliphatic heterocycles. The van der Waals surface area contributed by atoms with E-state index in [1.54, 1.807) is 18.5 Å². The molecule has 8 nitrogen and oxygen atoms in total. The van der Waals surface area contributed by atoms with Crippen molar-refractivity contribution in [1.82, 2.24) is 15.0 Å². The molecular weight excluding hydrogens is 387 g/mol. The average molecular weight is 408 g/mol. The molecule has 1 saturated carbocycles. The van der Waals surface area contributed by atoms with E-state index in [1.807, 2.05) is 12.1 Å². The molecule has 1 aliphatic carbocycles. The first-order valence-electron chi connectivity index (χ1n) is 9.85. The molecular formula is C21H21FN6O2. The van der Waals surface area contributed by atoms with Crippen LogP contribution in [0.3, 0.4) is 0 Å². The number of pyridine rings is 1. The van der Waals surface area contributed by atoms with Crippen LogP contribution in [0.25, 0.3) is 11.3 Å². The smallest absolute Gasteiger partial charge is 0.295 e. The molecule has 1 aliphatic rings. The lowest BCUT2D eigenvalue weighted by Crippen LogP contribution is -2.23. The van der Waals surface area contributed by atoms with Crippen LogP contribution in [-0.4, -0.2) is 25.9 Å². The Bertz CT molecular complexity index is 1040. The number of halogens is 1. The Hall–Kier alpha value is -3.62. The van der Waals surface area contributed by atoms with Crippen molar-refractivity contribution in [2.75, 3.05) is 10.6 Å². The van der Waals surface area contributed by atoms with Crippen molar-refractivity contribution >= 4 is 23.1 Å². The van der Waals surface area contributed by atoms with Gasteiger partial charge in [0.15, 0.2) is 0 Å². The standard InChI is InChI=1S/C21H21FN6O2/c22-15-6-7-17(19(12-15)28(29)30)25-20-13-18(14-8-10-23-11-9-14)26-21(27-20)24-16-4-2-1-3-5-16/h6-13,16H,1-5H2,(H2,24,25,26,27). The van der Waals surface area contributed by atoms with Crippen LogP contribution < -0.4 is 10.6 Å². The quantitative estimate of drug-likeness (QED) is 0.433. The molecule has 4 rings (SSSR count). The van der Waals surface area contributed by atoms with Gasteiger partial charge < -0.3 is 10.6 Å². The summed E-state index contributed by atoms with van der Waals surface area (Å²) in [4.78, 5) is 23.9. The van der Waals surface area contributed by atoms with Gasteiger partial charge in [0, 0.05) is 30.1 Å². The number of rotatable bonds is 6. The van der Waals surface area contributed by atoms with E-state index in [0.29, 0.717) is 23.5 Å². The fraction of sp³-hybridized carbons (Fsp3) is 0.286. The van der Waals surface area contributed by atoms with Gasteiger partial charge in [-0.2, -0.15) is 4.98 Å². The van der Waals surface area contributed by atoms with E-state index in [-0.39, 0.29) is 11.4 Å². The van der Waals surface area contributed by atoms with E-state index < -0.39 is 10.7 Å². The molecule has 9 heteroatoms. The summed E-state index contributed by atoms with van der Waals surface area (Å²) in [6.45, 7) is 0. The lowest BCUT2D eigenvalue weighted by Gasteiger charge is -2.23. The van der Waals surface area contributed by atoms with Crippen LogP contribution in [0.2, 0.25) is 0 Å². The van der Waals surface area contributed by atoms with Crippen molar-refractivity contribution in [2.24, 2.45) is 0 Å². The van der Waals surface area contributed by atoms with E-state index >= 15 is 0 Å². The lowest BCUT2D eigenvalue weighted by atomic mass is 9.96. The van der Waals surface area contributed by atoms with E-state index in [9.17, 15) is 14.5 Å². The van der Waals surface area contributed by atoms with Crippen molar-refractivity contribution in [3.05, 3.63) is 64.7 Å². The number of aromatic nitrogens is 3. The second kappa shape index (κ2) is 8.81. The summed E-state index contributed by atoms with van der Waals surface area (Å²) >= 11 is 0. The summed E-state index contributed by atoms with van der Waals surface area (Å²) < 4.78 is 13.5. The molecule has 0 unspecified atom stereocenters. The maximum absolute atomic E-state index is 13.5. The highest BCUT2D eigenvalue weighted by atomic mass is 19.1. The van der Waals surface area contributed by atoms with Crippen LogP contribution in [0.15, 0.2) is 48.8 Å². The summed E-state index contributed by atoms with van der Waals surface area (Å²) in [5.74, 6) is 0.153. The van der Waals surface area contributed by atoms with Crippen LogP contribution in [0.4, 0.5) is 27.5 Å². The summed E-state index contributed by atoms with van der Waals surface area (Å²) in [5.41, 5.74) is 1.29. The Morgan fingerprint density at radius 1 is 1.03 bits per heavy atom. The van der Waals surface area contributed by atoms with Crippen LogP contribution in [0, 0.1) is 15.9 Å². The van der Waals surface area contributed by atoms with Gasteiger partial charge in [0.25, 0.3) is 5.69 Å². The minimum Gasteiger partial charge on any atom is -0.351 e. The highest BCUT2D eigenvalue weighted by Crippen LogP contribution is 2.30. The predicted molar refractivity (Wildman–Crippen MR) is 112 cm³/mol. The molecule has 0 atom stereocenters. The summed E-state index contributed by atoms with van der Waals surface area (Å²) in [7, 11) is 0.